The number of hydrogen-bond donors (Lipinski definition) is 0. The molecule has 1 fully saturated rings. The zero-order valence-electron chi connectivity index (χ0n) is 11.4. The van der Waals surface area contributed by atoms with Crippen LogP contribution in [0.25, 0.3) is 0 Å². The van der Waals surface area contributed by atoms with Crippen molar-refractivity contribution in [1.29, 1.82) is 0 Å². The summed E-state index contributed by atoms with van der Waals surface area (Å²) in [5.74, 6) is 0. The highest BCUT2D eigenvalue weighted by Crippen LogP contribution is 2.23. The van der Waals surface area contributed by atoms with E-state index in [-0.39, 0.29) is 0 Å². The van der Waals surface area contributed by atoms with Gasteiger partial charge in [-0.2, -0.15) is 0 Å². The molecule has 2 nitrogen and oxygen atoms in total. The molecule has 0 bridgehead atoms. The molecule has 1 aliphatic heterocycles. The largest absolute Gasteiger partial charge is 0.300 e. The summed E-state index contributed by atoms with van der Waals surface area (Å²) in [6.45, 7) is 14.0. The fourth-order valence-electron chi connectivity index (χ4n) is 2.29. The summed E-state index contributed by atoms with van der Waals surface area (Å²) >= 11 is 0. The van der Waals surface area contributed by atoms with Gasteiger partial charge >= 0.3 is 0 Å². The van der Waals surface area contributed by atoms with Crippen molar-refractivity contribution in [3.63, 3.8) is 0 Å². The normalized spacial score (nSPS) is 29.0. The van der Waals surface area contributed by atoms with E-state index in [9.17, 15) is 0 Å². The Balaban J connectivity index is 2.36. The van der Waals surface area contributed by atoms with E-state index in [4.69, 9.17) is 0 Å². The maximum absolute atomic E-state index is 2.66. The predicted octanol–water partition coefficient (Wildman–Crippen LogP) is 2.59. The average molecular weight is 212 g/mol. The first kappa shape index (κ1) is 13.0. The summed E-state index contributed by atoms with van der Waals surface area (Å²) in [4.78, 5) is 5.10. The minimum absolute atomic E-state index is 0.298. The van der Waals surface area contributed by atoms with Crippen molar-refractivity contribution in [1.82, 2.24) is 9.80 Å². The van der Waals surface area contributed by atoms with Gasteiger partial charge < -0.3 is 4.90 Å². The van der Waals surface area contributed by atoms with E-state index >= 15 is 0 Å². The Morgan fingerprint density at radius 3 is 2.00 bits per heavy atom. The molecule has 1 saturated heterocycles. The lowest BCUT2D eigenvalue weighted by Crippen LogP contribution is -2.45. The first-order valence-corrected chi connectivity index (χ1v) is 6.29. The van der Waals surface area contributed by atoms with Crippen LogP contribution in [0.3, 0.4) is 0 Å². The fraction of sp³-hybridized carbons (Fsp3) is 1.00. The summed E-state index contributed by atoms with van der Waals surface area (Å²) in [7, 11) is 2.23. The van der Waals surface area contributed by atoms with Gasteiger partial charge in [-0.15, -0.1) is 0 Å². The third-order valence-electron chi connectivity index (χ3n) is 3.97. The van der Waals surface area contributed by atoms with Gasteiger partial charge in [-0.1, -0.05) is 0 Å². The van der Waals surface area contributed by atoms with Gasteiger partial charge in [-0.25, -0.2) is 0 Å². The van der Waals surface area contributed by atoms with Gasteiger partial charge in [0.25, 0.3) is 0 Å². The van der Waals surface area contributed by atoms with Crippen LogP contribution in [0, 0.1) is 0 Å². The van der Waals surface area contributed by atoms with E-state index in [2.05, 4.69) is 51.5 Å². The Kier molecular flexibility index (Phi) is 4.19. The minimum atomic E-state index is 0.298. The maximum Gasteiger partial charge on any atom is 0.0122 e. The Morgan fingerprint density at radius 1 is 1.13 bits per heavy atom. The van der Waals surface area contributed by atoms with Crippen molar-refractivity contribution >= 4 is 0 Å². The van der Waals surface area contributed by atoms with Crippen molar-refractivity contribution < 1.29 is 0 Å². The number of nitrogens with zero attached hydrogens (tertiary/aromatic N) is 2. The van der Waals surface area contributed by atoms with Gasteiger partial charge in [0.05, 0.1) is 0 Å². The SMILES string of the molecule is CC1CCC(C)N1CCN(C)C(C)(C)C. The lowest BCUT2D eigenvalue weighted by molar-refractivity contribution is 0.128. The molecule has 0 spiro atoms. The van der Waals surface area contributed by atoms with Crippen LogP contribution >= 0.6 is 0 Å². The molecule has 0 aromatic heterocycles. The van der Waals surface area contributed by atoms with Crippen LogP contribution in [-0.2, 0) is 0 Å². The van der Waals surface area contributed by atoms with Crippen molar-refractivity contribution in [3.8, 4) is 0 Å². The van der Waals surface area contributed by atoms with Crippen LogP contribution in [0.1, 0.15) is 47.5 Å². The Bertz CT molecular complexity index is 185. The standard InChI is InChI=1S/C13H28N2/c1-11-7-8-12(2)15(11)10-9-14(6)13(3,4)5/h11-12H,7-10H2,1-6H3. The van der Waals surface area contributed by atoms with Gasteiger partial charge in [-0.3, -0.25) is 4.90 Å². The van der Waals surface area contributed by atoms with Crippen molar-refractivity contribution in [2.75, 3.05) is 20.1 Å². The van der Waals surface area contributed by atoms with Crippen LogP contribution in [-0.4, -0.2) is 47.6 Å². The van der Waals surface area contributed by atoms with E-state index in [0.717, 1.165) is 12.1 Å². The smallest absolute Gasteiger partial charge is 0.0122 e. The van der Waals surface area contributed by atoms with Crippen LogP contribution in [0.5, 0.6) is 0 Å². The molecule has 2 atom stereocenters. The molecule has 15 heavy (non-hydrogen) atoms. The van der Waals surface area contributed by atoms with Crippen LogP contribution in [0.2, 0.25) is 0 Å². The van der Waals surface area contributed by atoms with Gasteiger partial charge in [0.15, 0.2) is 0 Å². The van der Waals surface area contributed by atoms with Crippen molar-refractivity contribution in [2.45, 2.75) is 65.1 Å². The molecule has 0 aromatic rings. The number of likely N-dealkylation sites (tertiary alicyclic amines) is 1. The number of likely N-dealkylation sites (N-methyl/N-ethyl adjacent to an activating group) is 1. The van der Waals surface area contributed by atoms with Gasteiger partial charge in [0.2, 0.25) is 0 Å². The Labute approximate surface area is 95.6 Å². The first-order valence-electron chi connectivity index (χ1n) is 6.29. The number of rotatable bonds is 3. The highest BCUT2D eigenvalue weighted by molar-refractivity contribution is 4.83. The highest BCUT2D eigenvalue weighted by atomic mass is 15.2. The lowest BCUT2D eigenvalue weighted by Gasteiger charge is -2.35. The fourth-order valence-corrected chi connectivity index (χ4v) is 2.29. The van der Waals surface area contributed by atoms with Crippen molar-refractivity contribution in [3.05, 3.63) is 0 Å². The lowest BCUT2D eigenvalue weighted by atomic mass is 10.1. The molecule has 1 rings (SSSR count). The third kappa shape index (κ3) is 3.46. The van der Waals surface area contributed by atoms with Crippen LogP contribution in [0.4, 0.5) is 0 Å². The molecule has 1 aliphatic rings. The second-order valence-electron chi connectivity index (χ2n) is 6.11. The second kappa shape index (κ2) is 4.84. The predicted molar refractivity (Wildman–Crippen MR) is 67.2 cm³/mol. The van der Waals surface area contributed by atoms with E-state index < -0.39 is 0 Å². The van der Waals surface area contributed by atoms with Crippen molar-refractivity contribution in [2.24, 2.45) is 0 Å². The topological polar surface area (TPSA) is 6.48 Å². The summed E-state index contributed by atoms with van der Waals surface area (Å²) in [6.07, 6.45) is 2.75. The molecule has 0 aromatic carbocycles. The molecule has 2 heteroatoms. The van der Waals surface area contributed by atoms with Crippen LogP contribution < -0.4 is 0 Å². The quantitative estimate of drug-likeness (QED) is 0.709. The summed E-state index contributed by atoms with van der Waals surface area (Å²) in [6, 6.07) is 1.57. The van der Waals surface area contributed by atoms with Gasteiger partial charge in [0.1, 0.15) is 0 Å². The number of hydrogen-bond acceptors (Lipinski definition) is 2. The molecule has 2 unspecified atom stereocenters. The Morgan fingerprint density at radius 2 is 1.60 bits per heavy atom. The van der Waals surface area contributed by atoms with Crippen LogP contribution in [0.15, 0.2) is 0 Å². The van der Waals surface area contributed by atoms with E-state index in [1.807, 2.05) is 0 Å². The molecule has 1 heterocycles. The monoisotopic (exact) mass is 212 g/mol. The van der Waals surface area contributed by atoms with E-state index in [0.29, 0.717) is 5.54 Å². The first-order chi connectivity index (χ1) is 6.82. The molecular formula is C13H28N2. The maximum atomic E-state index is 2.66. The van der Waals surface area contributed by atoms with Gasteiger partial charge in [-0.05, 0) is 54.5 Å². The minimum Gasteiger partial charge on any atom is -0.300 e. The third-order valence-corrected chi connectivity index (χ3v) is 3.97. The summed E-state index contributed by atoms with van der Waals surface area (Å²) < 4.78 is 0. The molecular weight excluding hydrogens is 184 g/mol. The molecule has 0 saturated carbocycles. The van der Waals surface area contributed by atoms with E-state index in [1.165, 1.54) is 25.9 Å². The molecule has 0 aliphatic carbocycles. The second-order valence-corrected chi connectivity index (χ2v) is 6.11. The molecule has 0 radical (unpaired) electrons. The summed E-state index contributed by atoms with van der Waals surface area (Å²) in [5.41, 5.74) is 0.298. The van der Waals surface area contributed by atoms with E-state index in [1.54, 1.807) is 0 Å². The summed E-state index contributed by atoms with van der Waals surface area (Å²) in [5, 5.41) is 0. The zero-order valence-corrected chi connectivity index (χ0v) is 11.4. The zero-order chi connectivity index (χ0) is 11.6. The molecule has 0 N–H and O–H groups in total. The average Bonchev–Trinajstić information content (AvgIpc) is 2.41. The van der Waals surface area contributed by atoms with Gasteiger partial charge in [0, 0.05) is 30.7 Å². The highest BCUT2D eigenvalue weighted by Gasteiger charge is 2.27. The molecule has 0 amide bonds. The molecule has 90 valence electrons. The Hall–Kier alpha value is -0.0800.